The smallest absolute Gasteiger partial charge is 0.407 e. The van der Waals surface area contributed by atoms with E-state index in [0.29, 0.717) is 19.4 Å². The standard InChI is InChI=1S/C12H21NO3/c1-11(2,3)16-10(15)13-8-12(4)6-5-9(14)7-12/h5-8H2,1-4H3,(H,13,15). The van der Waals surface area contributed by atoms with Crippen LogP contribution in [-0.4, -0.2) is 24.0 Å². The molecule has 1 saturated carbocycles. The molecule has 16 heavy (non-hydrogen) atoms. The monoisotopic (exact) mass is 227 g/mol. The second-order valence-electron chi connectivity index (χ2n) is 5.88. The van der Waals surface area contributed by atoms with Crippen LogP contribution in [0.25, 0.3) is 0 Å². The summed E-state index contributed by atoms with van der Waals surface area (Å²) < 4.78 is 5.13. The minimum atomic E-state index is -0.476. The molecule has 0 saturated heterocycles. The number of carbonyl (C=O) groups excluding carboxylic acids is 2. The average Bonchev–Trinajstić information content (AvgIpc) is 2.41. The molecule has 0 aromatic carbocycles. The molecule has 1 aliphatic carbocycles. The fourth-order valence-corrected chi connectivity index (χ4v) is 1.84. The third-order valence-electron chi connectivity index (χ3n) is 2.69. The molecular weight excluding hydrogens is 206 g/mol. The van der Waals surface area contributed by atoms with Gasteiger partial charge in [-0.1, -0.05) is 6.92 Å². The summed E-state index contributed by atoms with van der Waals surface area (Å²) in [5.74, 6) is 0.286. The number of ketones is 1. The Balaban J connectivity index is 2.35. The minimum Gasteiger partial charge on any atom is -0.444 e. The lowest BCUT2D eigenvalue weighted by Gasteiger charge is -2.25. The minimum absolute atomic E-state index is 0.0893. The maximum Gasteiger partial charge on any atom is 0.407 e. The van der Waals surface area contributed by atoms with E-state index in [1.165, 1.54) is 0 Å². The number of Topliss-reactive ketones (excluding diaryl/α,β-unsaturated/α-hetero) is 1. The van der Waals surface area contributed by atoms with Gasteiger partial charge < -0.3 is 10.1 Å². The Labute approximate surface area is 96.7 Å². The molecule has 0 heterocycles. The molecule has 0 aromatic rings. The van der Waals surface area contributed by atoms with Gasteiger partial charge in [-0.05, 0) is 32.6 Å². The van der Waals surface area contributed by atoms with E-state index >= 15 is 0 Å². The summed E-state index contributed by atoms with van der Waals surface area (Å²) in [6.45, 7) is 8.01. The Morgan fingerprint density at radius 3 is 2.56 bits per heavy atom. The van der Waals surface area contributed by atoms with Crippen molar-refractivity contribution in [3.63, 3.8) is 0 Å². The molecule has 0 spiro atoms. The van der Waals surface area contributed by atoms with E-state index in [9.17, 15) is 9.59 Å². The van der Waals surface area contributed by atoms with Crippen molar-refractivity contribution >= 4 is 11.9 Å². The van der Waals surface area contributed by atoms with Gasteiger partial charge in [-0.15, -0.1) is 0 Å². The Morgan fingerprint density at radius 2 is 2.12 bits per heavy atom. The molecule has 1 amide bonds. The van der Waals surface area contributed by atoms with Gasteiger partial charge in [-0.3, -0.25) is 4.79 Å². The fourth-order valence-electron chi connectivity index (χ4n) is 1.84. The first-order valence-corrected chi connectivity index (χ1v) is 5.69. The van der Waals surface area contributed by atoms with Crippen molar-refractivity contribution < 1.29 is 14.3 Å². The van der Waals surface area contributed by atoms with E-state index in [1.807, 2.05) is 27.7 Å². The number of ether oxygens (including phenoxy) is 1. The summed E-state index contributed by atoms with van der Waals surface area (Å²) in [5, 5.41) is 2.73. The lowest BCUT2D eigenvalue weighted by atomic mass is 9.89. The maximum atomic E-state index is 11.4. The number of amides is 1. The number of carbonyl (C=O) groups is 2. The lowest BCUT2D eigenvalue weighted by Crippen LogP contribution is -2.38. The van der Waals surface area contributed by atoms with E-state index in [1.54, 1.807) is 0 Å². The van der Waals surface area contributed by atoms with Gasteiger partial charge in [0.15, 0.2) is 0 Å². The second kappa shape index (κ2) is 4.44. The van der Waals surface area contributed by atoms with Crippen molar-refractivity contribution in [2.45, 2.75) is 52.6 Å². The third kappa shape index (κ3) is 4.21. The zero-order valence-corrected chi connectivity index (χ0v) is 10.6. The van der Waals surface area contributed by atoms with Gasteiger partial charge in [0.05, 0.1) is 0 Å². The van der Waals surface area contributed by atoms with Crippen molar-refractivity contribution in [3.05, 3.63) is 0 Å². The Hall–Kier alpha value is -1.06. The molecule has 1 fully saturated rings. The van der Waals surface area contributed by atoms with E-state index in [4.69, 9.17) is 4.74 Å². The molecule has 92 valence electrons. The van der Waals surface area contributed by atoms with Crippen LogP contribution in [0.1, 0.15) is 47.0 Å². The largest absolute Gasteiger partial charge is 0.444 e. The highest BCUT2D eigenvalue weighted by Gasteiger charge is 2.34. The normalized spacial score (nSPS) is 25.6. The van der Waals surface area contributed by atoms with E-state index in [-0.39, 0.29) is 11.2 Å². The van der Waals surface area contributed by atoms with Crippen LogP contribution in [0.4, 0.5) is 4.79 Å². The van der Waals surface area contributed by atoms with Gasteiger partial charge in [0, 0.05) is 19.4 Å². The predicted octanol–water partition coefficient (Wildman–Crippen LogP) is 2.27. The maximum absolute atomic E-state index is 11.4. The predicted molar refractivity (Wildman–Crippen MR) is 61.2 cm³/mol. The van der Waals surface area contributed by atoms with Gasteiger partial charge in [0.25, 0.3) is 0 Å². The Bertz CT molecular complexity index is 293. The molecule has 1 aliphatic rings. The highest BCUT2D eigenvalue weighted by atomic mass is 16.6. The summed E-state index contributed by atoms with van der Waals surface area (Å²) in [4.78, 5) is 22.6. The van der Waals surface area contributed by atoms with Crippen LogP contribution in [0, 0.1) is 5.41 Å². The van der Waals surface area contributed by atoms with Crippen molar-refractivity contribution in [1.82, 2.24) is 5.32 Å². The first-order chi connectivity index (χ1) is 7.20. The van der Waals surface area contributed by atoms with Gasteiger partial charge in [0.1, 0.15) is 11.4 Å². The van der Waals surface area contributed by atoms with Crippen molar-refractivity contribution in [3.8, 4) is 0 Å². The van der Waals surface area contributed by atoms with Gasteiger partial charge in [-0.25, -0.2) is 4.79 Å². The van der Waals surface area contributed by atoms with Crippen LogP contribution in [0.2, 0.25) is 0 Å². The number of hydrogen-bond donors (Lipinski definition) is 1. The topological polar surface area (TPSA) is 55.4 Å². The molecule has 1 N–H and O–H groups in total. The molecule has 0 aromatic heterocycles. The molecule has 0 bridgehead atoms. The highest BCUT2D eigenvalue weighted by Crippen LogP contribution is 2.34. The van der Waals surface area contributed by atoms with Crippen LogP contribution < -0.4 is 5.32 Å². The quantitative estimate of drug-likeness (QED) is 0.787. The van der Waals surface area contributed by atoms with Crippen molar-refractivity contribution in [1.29, 1.82) is 0 Å². The molecular formula is C12H21NO3. The van der Waals surface area contributed by atoms with Crippen molar-refractivity contribution in [2.24, 2.45) is 5.41 Å². The molecule has 0 aliphatic heterocycles. The Kier molecular flexibility index (Phi) is 3.61. The van der Waals surface area contributed by atoms with Crippen LogP contribution >= 0.6 is 0 Å². The molecule has 1 rings (SSSR count). The van der Waals surface area contributed by atoms with Gasteiger partial charge in [0.2, 0.25) is 0 Å². The van der Waals surface area contributed by atoms with E-state index in [0.717, 1.165) is 6.42 Å². The summed E-state index contributed by atoms with van der Waals surface area (Å²) >= 11 is 0. The lowest BCUT2D eigenvalue weighted by molar-refractivity contribution is -0.117. The SMILES string of the molecule is CC1(CNC(=O)OC(C)(C)C)CCC(=O)C1. The van der Waals surface area contributed by atoms with Crippen LogP contribution in [0.15, 0.2) is 0 Å². The van der Waals surface area contributed by atoms with Gasteiger partial charge in [-0.2, -0.15) is 0 Å². The van der Waals surface area contributed by atoms with Gasteiger partial charge >= 0.3 is 6.09 Å². The first kappa shape index (κ1) is 13.0. The van der Waals surface area contributed by atoms with Crippen LogP contribution in [0.5, 0.6) is 0 Å². The number of alkyl carbamates (subject to hydrolysis) is 1. The zero-order valence-electron chi connectivity index (χ0n) is 10.6. The summed E-state index contributed by atoms with van der Waals surface area (Å²) in [6, 6.07) is 0. The molecule has 1 unspecified atom stereocenters. The fraction of sp³-hybridized carbons (Fsp3) is 0.833. The Morgan fingerprint density at radius 1 is 1.50 bits per heavy atom. The van der Waals surface area contributed by atoms with Crippen LogP contribution in [-0.2, 0) is 9.53 Å². The molecule has 4 nitrogen and oxygen atoms in total. The highest BCUT2D eigenvalue weighted by molar-refractivity contribution is 5.81. The molecule has 1 atom stereocenters. The van der Waals surface area contributed by atoms with E-state index in [2.05, 4.69) is 5.32 Å². The molecule has 4 heteroatoms. The molecule has 0 radical (unpaired) electrons. The third-order valence-corrected chi connectivity index (χ3v) is 2.69. The number of nitrogens with one attached hydrogen (secondary N) is 1. The zero-order chi connectivity index (χ0) is 12.4. The van der Waals surface area contributed by atoms with E-state index < -0.39 is 11.7 Å². The van der Waals surface area contributed by atoms with Crippen molar-refractivity contribution in [2.75, 3.05) is 6.54 Å². The van der Waals surface area contributed by atoms with Crippen LogP contribution in [0.3, 0.4) is 0 Å². The second-order valence-corrected chi connectivity index (χ2v) is 5.88. The first-order valence-electron chi connectivity index (χ1n) is 5.69. The summed E-state index contributed by atoms with van der Waals surface area (Å²) in [6.07, 6.45) is 1.63. The summed E-state index contributed by atoms with van der Waals surface area (Å²) in [7, 11) is 0. The summed E-state index contributed by atoms with van der Waals surface area (Å²) in [5.41, 5.74) is -0.565. The number of rotatable bonds is 2. The average molecular weight is 227 g/mol. The number of hydrogen-bond acceptors (Lipinski definition) is 3.